The Morgan fingerprint density at radius 2 is 1.69 bits per heavy atom. The first-order valence-electron chi connectivity index (χ1n) is 8.81. The van der Waals surface area contributed by atoms with E-state index in [2.05, 4.69) is 23.2 Å². The molecule has 0 saturated carbocycles. The Morgan fingerprint density at radius 3 is 2.38 bits per heavy atom. The maximum atomic E-state index is 12.0. The fraction of sp³-hybridized carbons (Fsp3) is 0.273. The highest BCUT2D eigenvalue weighted by Crippen LogP contribution is 2.35. The molecule has 0 aliphatic heterocycles. The Morgan fingerprint density at radius 1 is 1.00 bits per heavy atom. The molecule has 26 heavy (non-hydrogen) atoms. The maximum Gasteiger partial charge on any atom is 0.316 e. The maximum absolute atomic E-state index is 12.0. The molecule has 2 unspecified atom stereocenters. The zero-order valence-electron chi connectivity index (χ0n) is 15.1. The third-order valence-corrected chi connectivity index (χ3v) is 4.92. The van der Waals surface area contributed by atoms with Crippen LogP contribution in [0.2, 0.25) is 0 Å². The summed E-state index contributed by atoms with van der Waals surface area (Å²) in [6.45, 7) is 1.45. The molecule has 0 radical (unpaired) electrons. The van der Waals surface area contributed by atoms with Crippen molar-refractivity contribution in [3.63, 3.8) is 0 Å². The SMILES string of the molecule is COC(=O)C(CCC(c1ccccc1)c1c[nH]c2ccccc12)C(C)=O. The number of hydrogen-bond acceptors (Lipinski definition) is 3. The number of H-pyrrole nitrogens is 1. The number of methoxy groups -OCH3 is 1. The summed E-state index contributed by atoms with van der Waals surface area (Å²) in [5.74, 6) is -1.22. The van der Waals surface area contributed by atoms with Crippen LogP contribution >= 0.6 is 0 Å². The van der Waals surface area contributed by atoms with Crippen LogP contribution in [0.3, 0.4) is 0 Å². The Hall–Kier alpha value is -2.88. The molecule has 0 spiro atoms. The van der Waals surface area contributed by atoms with Crippen molar-refractivity contribution in [2.75, 3.05) is 7.11 Å². The second kappa shape index (κ2) is 8.00. The lowest BCUT2D eigenvalue weighted by Crippen LogP contribution is -2.24. The van der Waals surface area contributed by atoms with Gasteiger partial charge < -0.3 is 9.72 Å². The minimum Gasteiger partial charge on any atom is -0.468 e. The van der Waals surface area contributed by atoms with E-state index in [1.807, 2.05) is 42.6 Å². The number of aromatic nitrogens is 1. The second-order valence-corrected chi connectivity index (χ2v) is 6.52. The van der Waals surface area contributed by atoms with Crippen LogP contribution in [0.15, 0.2) is 60.8 Å². The number of fused-ring (bicyclic) bond motifs is 1. The number of para-hydroxylation sites is 1. The summed E-state index contributed by atoms with van der Waals surface area (Å²) in [5, 5.41) is 1.17. The lowest BCUT2D eigenvalue weighted by molar-refractivity contribution is -0.149. The van der Waals surface area contributed by atoms with Gasteiger partial charge in [0.25, 0.3) is 0 Å². The van der Waals surface area contributed by atoms with Crippen LogP contribution in [0.25, 0.3) is 10.9 Å². The van der Waals surface area contributed by atoms with Crippen LogP contribution < -0.4 is 0 Å². The van der Waals surface area contributed by atoms with Gasteiger partial charge in [0.15, 0.2) is 0 Å². The summed E-state index contributed by atoms with van der Waals surface area (Å²) >= 11 is 0. The van der Waals surface area contributed by atoms with Gasteiger partial charge in [-0.3, -0.25) is 9.59 Å². The van der Waals surface area contributed by atoms with Gasteiger partial charge in [-0.25, -0.2) is 0 Å². The van der Waals surface area contributed by atoms with Crippen LogP contribution in [0, 0.1) is 5.92 Å². The highest BCUT2D eigenvalue weighted by atomic mass is 16.5. The number of hydrogen-bond donors (Lipinski definition) is 1. The molecule has 3 rings (SSSR count). The molecular weight excluding hydrogens is 326 g/mol. The molecular formula is C22H23NO3. The summed E-state index contributed by atoms with van der Waals surface area (Å²) in [6, 6.07) is 18.4. The third kappa shape index (κ3) is 3.69. The van der Waals surface area contributed by atoms with Crippen molar-refractivity contribution in [1.29, 1.82) is 0 Å². The Labute approximate surface area is 153 Å². The van der Waals surface area contributed by atoms with E-state index in [1.165, 1.54) is 30.5 Å². The first kappa shape index (κ1) is 17.9. The van der Waals surface area contributed by atoms with Crippen molar-refractivity contribution >= 4 is 22.7 Å². The summed E-state index contributed by atoms with van der Waals surface area (Å²) in [7, 11) is 1.33. The fourth-order valence-electron chi connectivity index (χ4n) is 3.53. The Bertz CT molecular complexity index is 898. The lowest BCUT2D eigenvalue weighted by Gasteiger charge is -2.19. The molecule has 4 nitrogen and oxygen atoms in total. The normalized spacial score (nSPS) is 13.3. The van der Waals surface area contributed by atoms with Crippen LogP contribution in [0.5, 0.6) is 0 Å². The van der Waals surface area contributed by atoms with Crippen LogP contribution in [-0.2, 0) is 14.3 Å². The van der Waals surface area contributed by atoms with E-state index in [9.17, 15) is 9.59 Å². The first-order chi connectivity index (χ1) is 12.6. The van der Waals surface area contributed by atoms with E-state index in [-0.39, 0.29) is 11.7 Å². The predicted molar refractivity (Wildman–Crippen MR) is 102 cm³/mol. The van der Waals surface area contributed by atoms with Crippen LogP contribution in [0.4, 0.5) is 0 Å². The molecule has 0 bridgehead atoms. The van der Waals surface area contributed by atoms with Gasteiger partial charge >= 0.3 is 5.97 Å². The number of rotatable bonds is 7. The molecule has 0 amide bonds. The molecule has 0 saturated heterocycles. The van der Waals surface area contributed by atoms with Gasteiger partial charge in [0.05, 0.1) is 7.11 Å². The summed E-state index contributed by atoms with van der Waals surface area (Å²) < 4.78 is 4.81. The number of carbonyl (C=O) groups excluding carboxylic acids is 2. The molecule has 2 atom stereocenters. The zero-order chi connectivity index (χ0) is 18.5. The van der Waals surface area contributed by atoms with Crippen molar-refractivity contribution in [2.24, 2.45) is 5.92 Å². The monoisotopic (exact) mass is 349 g/mol. The third-order valence-electron chi connectivity index (χ3n) is 4.92. The average molecular weight is 349 g/mol. The van der Waals surface area contributed by atoms with Crippen molar-refractivity contribution < 1.29 is 14.3 Å². The highest BCUT2D eigenvalue weighted by molar-refractivity contribution is 5.97. The molecule has 2 aromatic carbocycles. The van der Waals surface area contributed by atoms with Gasteiger partial charge in [0, 0.05) is 23.0 Å². The first-order valence-corrected chi connectivity index (χ1v) is 8.81. The largest absolute Gasteiger partial charge is 0.468 e. The lowest BCUT2D eigenvalue weighted by atomic mass is 9.84. The number of Topliss-reactive ketones (excluding diaryl/α,β-unsaturated/α-hetero) is 1. The molecule has 0 aliphatic carbocycles. The van der Waals surface area contributed by atoms with E-state index in [0.29, 0.717) is 12.8 Å². The van der Waals surface area contributed by atoms with Crippen molar-refractivity contribution in [2.45, 2.75) is 25.7 Å². The topological polar surface area (TPSA) is 59.2 Å². The van der Waals surface area contributed by atoms with Gasteiger partial charge in [-0.2, -0.15) is 0 Å². The van der Waals surface area contributed by atoms with Gasteiger partial charge in [-0.15, -0.1) is 0 Å². The highest BCUT2D eigenvalue weighted by Gasteiger charge is 2.27. The fourth-order valence-corrected chi connectivity index (χ4v) is 3.53. The molecule has 134 valence electrons. The predicted octanol–water partition coefficient (Wildman–Crippen LogP) is 4.46. The molecule has 4 heteroatoms. The standard InChI is InChI=1S/C22H23NO3/c1-15(24)17(22(25)26-2)12-13-18(16-8-4-3-5-9-16)20-14-23-21-11-7-6-10-19(20)21/h3-11,14,17-18,23H,12-13H2,1-2H3. The Kier molecular flexibility index (Phi) is 5.52. The summed E-state index contributed by atoms with van der Waals surface area (Å²) in [4.78, 5) is 27.2. The minimum absolute atomic E-state index is 0.0962. The van der Waals surface area contributed by atoms with E-state index < -0.39 is 11.9 Å². The van der Waals surface area contributed by atoms with E-state index >= 15 is 0 Å². The molecule has 0 fully saturated rings. The van der Waals surface area contributed by atoms with Crippen molar-refractivity contribution in [1.82, 2.24) is 4.98 Å². The molecule has 1 heterocycles. The van der Waals surface area contributed by atoms with Crippen molar-refractivity contribution in [3.8, 4) is 0 Å². The quantitative estimate of drug-likeness (QED) is 0.506. The van der Waals surface area contributed by atoms with Crippen LogP contribution in [0.1, 0.15) is 36.8 Å². The molecule has 1 N–H and O–H groups in total. The van der Waals surface area contributed by atoms with Crippen molar-refractivity contribution in [3.05, 3.63) is 71.9 Å². The van der Waals surface area contributed by atoms with Gasteiger partial charge in [-0.05, 0) is 37.0 Å². The zero-order valence-corrected chi connectivity index (χ0v) is 15.1. The number of ether oxygens (including phenoxy) is 1. The molecule has 0 aliphatic rings. The second-order valence-electron chi connectivity index (χ2n) is 6.52. The molecule has 3 aromatic rings. The van der Waals surface area contributed by atoms with E-state index in [0.717, 1.165) is 5.52 Å². The minimum atomic E-state index is -0.712. The number of carbonyl (C=O) groups is 2. The number of benzene rings is 2. The van der Waals surface area contributed by atoms with Gasteiger partial charge in [-0.1, -0.05) is 48.5 Å². The number of ketones is 1. The van der Waals surface area contributed by atoms with E-state index in [4.69, 9.17) is 4.74 Å². The Balaban J connectivity index is 1.95. The van der Waals surface area contributed by atoms with Gasteiger partial charge in [0.2, 0.25) is 0 Å². The average Bonchev–Trinajstić information content (AvgIpc) is 3.09. The van der Waals surface area contributed by atoms with Crippen LogP contribution in [-0.4, -0.2) is 23.8 Å². The molecule has 1 aromatic heterocycles. The van der Waals surface area contributed by atoms with E-state index in [1.54, 1.807) is 0 Å². The summed E-state index contributed by atoms with van der Waals surface area (Å²) in [5.41, 5.74) is 3.43. The smallest absolute Gasteiger partial charge is 0.316 e. The number of aromatic amines is 1. The number of esters is 1. The van der Waals surface area contributed by atoms with Gasteiger partial charge in [0.1, 0.15) is 11.7 Å². The summed E-state index contributed by atoms with van der Waals surface area (Å²) in [6.07, 6.45) is 3.18. The number of nitrogens with one attached hydrogen (secondary N) is 1.